The molecule has 0 aromatic heterocycles. The van der Waals surface area contributed by atoms with Gasteiger partial charge in [-0.3, -0.25) is 9.59 Å². The molecular formula is C36H54O5Si2. The summed E-state index contributed by atoms with van der Waals surface area (Å²) in [5.74, 6) is -1.70. The average Bonchev–Trinajstić information content (AvgIpc) is 2.93. The second kappa shape index (κ2) is 14.9. The minimum Gasteiger partial charge on any atom is -0.468 e. The number of ketones is 1. The fourth-order valence-corrected chi connectivity index (χ4v) is 10.7. The van der Waals surface area contributed by atoms with Crippen LogP contribution in [0.5, 0.6) is 0 Å². The van der Waals surface area contributed by atoms with Crippen LogP contribution in [0.15, 0.2) is 85.0 Å². The van der Waals surface area contributed by atoms with Crippen LogP contribution >= 0.6 is 0 Å². The lowest BCUT2D eigenvalue weighted by molar-refractivity contribution is -0.148. The summed E-state index contributed by atoms with van der Waals surface area (Å²) in [6.07, 6.45) is 7.39. The molecule has 0 aliphatic rings. The molecule has 2 rings (SSSR count). The van der Waals surface area contributed by atoms with Gasteiger partial charge in [0.05, 0.1) is 7.11 Å². The quantitative estimate of drug-likeness (QED) is 0.0719. The number of rotatable bonds is 14. The summed E-state index contributed by atoms with van der Waals surface area (Å²) < 4.78 is 18.3. The first-order valence-corrected chi connectivity index (χ1v) is 20.1. The predicted octanol–water partition coefficient (Wildman–Crippen LogP) is 7.47. The van der Waals surface area contributed by atoms with Gasteiger partial charge in [0, 0.05) is 18.6 Å². The van der Waals surface area contributed by atoms with Crippen LogP contribution < -0.4 is 10.4 Å². The second-order valence-corrected chi connectivity index (χ2v) is 23.6. The zero-order chi connectivity index (χ0) is 32.5. The molecule has 0 saturated heterocycles. The SMILES string of the molecule is COC(=O)C(CCO[Si](C)(C)C(C)(C)C)C(=O)/C=C/C=C/C(C)(C)CO[Si](c1ccccc1)(c1ccccc1)C(C)(C)C. The summed E-state index contributed by atoms with van der Waals surface area (Å²) in [4.78, 5) is 25.5. The van der Waals surface area contributed by atoms with Crippen LogP contribution in [-0.4, -0.2) is 48.7 Å². The van der Waals surface area contributed by atoms with Crippen LogP contribution in [0.2, 0.25) is 23.2 Å². The van der Waals surface area contributed by atoms with Crippen molar-refractivity contribution in [2.75, 3.05) is 20.3 Å². The van der Waals surface area contributed by atoms with Gasteiger partial charge in [-0.1, -0.05) is 134 Å². The molecule has 0 spiro atoms. The highest BCUT2D eigenvalue weighted by Gasteiger charge is 2.50. The fourth-order valence-electron chi connectivity index (χ4n) is 4.85. The molecule has 2 aromatic carbocycles. The number of methoxy groups -OCH3 is 1. The summed E-state index contributed by atoms with van der Waals surface area (Å²) in [5, 5.41) is 2.42. The summed E-state index contributed by atoms with van der Waals surface area (Å²) in [5.41, 5.74) is -0.306. The van der Waals surface area contributed by atoms with E-state index in [9.17, 15) is 9.59 Å². The van der Waals surface area contributed by atoms with Crippen molar-refractivity contribution in [3.05, 3.63) is 85.0 Å². The van der Waals surface area contributed by atoms with E-state index in [2.05, 4.69) is 123 Å². The summed E-state index contributed by atoms with van der Waals surface area (Å²) in [6.45, 7) is 22.7. The molecule has 2 aromatic rings. The number of ether oxygens (including phenoxy) is 1. The Bertz CT molecular complexity index is 1200. The van der Waals surface area contributed by atoms with Crippen LogP contribution in [0.25, 0.3) is 0 Å². The zero-order valence-corrected chi connectivity index (χ0v) is 30.3. The molecule has 0 amide bonds. The number of benzene rings is 2. The molecule has 5 nitrogen and oxygen atoms in total. The topological polar surface area (TPSA) is 61.8 Å². The first-order chi connectivity index (χ1) is 19.9. The third-order valence-corrected chi connectivity index (χ3v) is 18.0. The Balaban J connectivity index is 2.19. The molecule has 43 heavy (non-hydrogen) atoms. The Hall–Kier alpha value is -2.59. The first-order valence-electron chi connectivity index (χ1n) is 15.2. The molecule has 0 saturated carbocycles. The van der Waals surface area contributed by atoms with Crippen LogP contribution in [0.3, 0.4) is 0 Å². The van der Waals surface area contributed by atoms with Gasteiger partial charge in [0.25, 0.3) is 8.32 Å². The van der Waals surface area contributed by atoms with Gasteiger partial charge < -0.3 is 13.6 Å². The molecule has 0 aliphatic carbocycles. The number of allylic oxidation sites excluding steroid dienone is 3. The summed E-state index contributed by atoms with van der Waals surface area (Å²) in [6, 6.07) is 21.2. The molecule has 7 heteroatoms. The highest BCUT2D eigenvalue weighted by Crippen LogP contribution is 2.38. The number of carbonyl (C=O) groups is 2. The van der Waals surface area contributed by atoms with E-state index in [1.54, 1.807) is 6.08 Å². The molecule has 0 bridgehead atoms. The van der Waals surface area contributed by atoms with E-state index >= 15 is 0 Å². The summed E-state index contributed by atoms with van der Waals surface area (Å²) >= 11 is 0. The molecular weight excluding hydrogens is 569 g/mol. The minimum absolute atomic E-state index is 0.0518. The van der Waals surface area contributed by atoms with Crippen molar-refractivity contribution in [2.24, 2.45) is 11.3 Å². The Morgan fingerprint density at radius 2 is 1.28 bits per heavy atom. The number of esters is 1. The maximum Gasteiger partial charge on any atom is 0.316 e. The lowest BCUT2D eigenvalue weighted by Crippen LogP contribution is -2.67. The van der Waals surface area contributed by atoms with Crippen LogP contribution in [-0.2, 0) is 23.2 Å². The van der Waals surface area contributed by atoms with Crippen LogP contribution in [0.1, 0.15) is 61.8 Å². The third-order valence-electron chi connectivity index (χ3n) is 8.50. The molecule has 1 atom stereocenters. The van der Waals surface area contributed by atoms with Crippen molar-refractivity contribution in [3.8, 4) is 0 Å². The van der Waals surface area contributed by atoms with Crippen LogP contribution in [0, 0.1) is 11.3 Å². The lowest BCUT2D eigenvalue weighted by atomic mass is 9.94. The molecule has 0 radical (unpaired) electrons. The van der Waals surface area contributed by atoms with Crippen molar-refractivity contribution in [3.63, 3.8) is 0 Å². The van der Waals surface area contributed by atoms with Crippen molar-refractivity contribution < 1.29 is 23.2 Å². The molecule has 0 N–H and O–H groups in total. The summed E-state index contributed by atoms with van der Waals surface area (Å²) in [7, 11) is -3.33. The molecule has 236 valence electrons. The van der Waals surface area contributed by atoms with Crippen molar-refractivity contribution in [1.29, 1.82) is 0 Å². The van der Waals surface area contributed by atoms with E-state index in [1.807, 2.05) is 18.2 Å². The van der Waals surface area contributed by atoms with Gasteiger partial charge in [0.2, 0.25) is 0 Å². The molecule has 0 aliphatic heterocycles. The molecule has 0 fully saturated rings. The smallest absolute Gasteiger partial charge is 0.316 e. The lowest BCUT2D eigenvalue weighted by Gasteiger charge is -2.44. The standard InChI is InChI=1S/C36H54O5Si2/c1-34(2,3)42(10,11)40-27-25-31(33(38)39-9)32(37)24-18-19-26-36(7,8)28-41-43(35(4,5)6,29-20-14-12-15-21-29)30-22-16-13-17-23-30/h12-24,26,31H,25,27-28H2,1-11H3/b24-18+,26-19+. The number of hydrogen-bond acceptors (Lipinski definition) is 5. The maximum atomic E-state index is 13.0. The van der Waals surface area contributed by atoms with Gasteiger partial charge in [-0.2, -0.15) is 0 Å². The third kappa shape index (κ3) is 9.70. The fraction of sp³-hybridized carbons (Fsp3) is 0.500. The Kier molecular flexibility index (Phi) is 12.7. The zero-order valence-electron chi connectivity index (χ0n) is 28.3. The van der Waals surface area contributed by atoms with E-state index in [0.717, 1.165) is 0 Å². The number of carbonyl (C=O) groups excluding carboxylic acids is 2. The average molecular weight is 623 g/mol. The van der Waals surface area contributed by atoms with Gasteiger partial charge in [-0.05, 0) is 46.0 Å². The number of hydrogen-bond donors (Lipinski definition) is 0. The maximum absolute atomic E-state index is 13.0. The van der Waals surface area contributed by atoms with Gasteiger partial charge in [0.1, 0.15) is 5.92 Å². The van der Waals surface area contributed by atoms with Gasteiger partial charge in [-0.15, -0.1) is 0 Å². The first kappa shape index (κ1) is 36.6. The van der Waals surface area contributed by atoms with Crippen molar-refractivity contribution in [1.82, 2.24) is 0 Å². The van der Waals surface area contributed by atoms with Gasteiger partial charge in [-0.25, -0.2) is 0 Å². The van der Waals surface area contributed by atoms with E-state index in [1.165, 1.54) is 23.6 Å². The van der Waals surface area contributed by atoms with Gasteiger partial charge >= 0.3 is 5.97 Å². The highest BCUT2D eigenvalue weighted by atomic mass is 28.4. The molecule has 0 heterocycles. The second-order valence-electron chi connectivity index (χ2n) is 14.5. The van der Waals surface area contributed by atoms with E-state index < -0.39 is 28.5 Å². The minimum atomic E-state index is -2.66. The molecule has 1 unspecified atom stereocenters. The predicted molar refractivity (Wildman–Crippen MR) is 184 cm³/mol. The van der Waals surface area contributed by atoms with Crippen LogP contribution in [0.4, 0.5) is 0 Å². The van der Waals surface area contributed by atoms with Crippen molar-refractivity contribution >= 4 is 38.8 Å². The van der Waals surface area contributed by atoms with E-state index in [-0.39, 0.29) is 21.3 Å². The van der Waals surface area contributed by atoms with E-state index in [4.69, 9.17) is 13.6 Å². The van der Waals surface area contributed by atoms with Crippen molar-refractivity contribution in [2.45, 2.75) is 85.0 Å². The van der Waals surface area contributed by atoms with E-state index in [0.29, 0.717) is 19.6 Å². The Morgan fingerprint density at radius 1 is 0.767 bits per heavy atom. The Labute approximate surface area is 263 Å². The highest BCUT2D eigenvalue weighted by molar-refractivity contribution is 6.99. The normalized spacial score (nSPS) is 14.3. The van der Waals surface area contributed by atoms with Gasteiger partial charge in [0.15, 0.2) is 14.1 Å². The largest absolute Gasteiger partial charge is 0.468 e. The Morgan fingerprint density at radius 3 is 1.72 bits per heavy atom. The monoisotopic (exact) mass is 622 g/mol.